The van der Waals surface area contributed by atoms with Gasteiger partial charge in [0.25, 0.3) is 0 Å². The van der Waals surface area contributed by atoms with Crippen LogP contribution in [0.5, 0.6) is 0 Å². The van der Waals surface area contributed by atoms with Gasteiger partial charge in [0.05, 0.1) is 0 Å². The van der Waals surface area contributed by atoms with Gasteiger partial charge in [-0.25, -0.2) is 0 Å². The Balaban J connectivity index is 1.86. The number of ether oxygens (including phenoxy) is 2. The van der Waals surface area contributed by atoms with Gasteiger partial charge in [0.1, 0.15) is 6.10 Å². The molecule has 1 aliphatic rings. The Morgan fingerprint density at radius 1 is 1.12 bits per heavy atom. The third-order valence-corrected chi connectivity index (χ3v) is 3.12. The average molecular weight is 242 g/mol. The molecule has 0 aromatic heterocycles. The Morgan fingerprint density at radius 3 is 2.59 bits per heavy atom. The second-order valence-corrected chi connectivity index (χ2v) is 4.82. The van der Waals surface area contributed by atoms with Gasteiger partial charge in [-0.3, -0.25) is 4.79 Å². The molecule has 0 heterocycles. The molecule has 0 N–H and O–H groups in total. The van der Waals surface area contributed by atoms with E-state index in [1.165, 1.54) is 12.8 Å². The Labute approximate surface area is 105 Å². The van der Waals surface area contributed by atoms with Crippen LogP contribution in [0.25, 0.3) is 0 Å². The van der Waals surface area contributed by atoms with Crippen LogP contribution < -0.4 is 0 Å². The Hall–Kier alpha value is -0.570. The van der Waals surface area contributed by atoms with Gasteiger partial charge in [-0.15, -0.1) is 0 Å². The number of carbonyl (C=O) groups is 1. The molecule has 1 rings (SSSR count). The summed E-state index contributed by atoms with van der Waals surface area (Å²) in [5.74, 6) is -0.00798. The topological polar surface area (TPSA) is 35.5 Å². The second-order valence-electron chi connectivity index (χ2n) is 4.82. The van der Waals surface area contributed by atoms with Crippen molar-refractivity contribution in [2.24, 2.45) is 0 Å². The highest BCUT2D eigenvalue weighted by molar-refractivity contribution is 5.69. The van der Waals surface area contributed by atoms with Gasteiger partial charge >= 0.3 is 5.97 Å². The molecule has 0 saturated heterocycles. The van der Waals surface area contributed by atoms with Crippen molar-refractivity contribution in [2.45, 2.75) is 70.8 Å². The molecule has 1 saturated carbocycles. The van der Waals surface area contributed by atoms with E-state index in [0.29, 0.717) is 6.42 Å². The number of rotatable bonds is 9. The summed E-state index contributed by atoms with van der Waals surface area (Å²) in [5.41, 5.74) is 0. The van der Waals surface area contributed by atoms with E-state index < -0.39 is 0 Å². The molecule has 1 fully saturated rings. The van der Waals surface area contributed by atoms with Gasteiger partial charge in [0, 0.05) is 19.6 Å². The summed E-state index contributed by atoms with van der Waals surface area (Å²) in [5, 5.41) is 0. The molecule has 3 heteroatoms. The summed E-state index contributed by atoms with van der Waals surface area (Å²) >= 11 is 0. The van der Waals surface area contributed by atoms with Gasteiger partial charge in [0.2, 0.25) is 0 Å². The lowest BCUT2D eigenvalue weighted by Gasteiger charge is -2.10. The fourth-order valence-electron chi connectivity index (χ4n) is 2.15. The zero-order valence-corrected chi connectivity index (χ0v) is 11.1. The van der Waals surface area contributed by atoms with Crippen molar-refractivity contribution in [2.75, 3.05) is 13.2 Å². The third kappa shape index (κ3) is 7.37. The van der Waals surface area contributed by atoms with E-state index in [4.69, 9.17) is 9.47 Å². The Kier molecular flexibility index (Phi) is 8.06. The zero-order valence-electron chi connectivity index (χ0n) is 11.1. The normalized spacial score (nSPS) is 16.3. The highest BCUT2D eigenvalue weighted by Gasteiger charge is 2.18. The summed E-state index contributed by atoms with van der Waals surface area (Å²) < 4.78 is 10.8. The van der Waals surface area contributed by atoms with Gasteiger partial charge in [-0.05, 0) is 44.9 Å². The first-order chi connectivity index (χ1) is 8.33. The van der Waals surface area contributed by atoms with Crippen molar-refractivity contribution in [1.29, 1.82) is 0 Å². The molecule has 0 unspecified atom stereocenters. The van der Waals surface area contributed by atoms with Crippen LogP contribution in [0.3, 0.4) is 0 Å². The Morgan fingerprint density at radius 2 is 1.88 bits per heavy atom. The molecule has 0 aromatic carbocycles. The first-order valence-electron chi connectivity index (χ1n) is 7.10. The minimum Gasteiger partial charge on any atom is -0.462 e. The largest absolute Gasteiger partial charge is 0.462 e. The van der Waals surface area contributed by atoms with E-state index in [2.05, 4.69) is 6.92 Å². The van der Waals surface area contributed by atoms with E-state index in [0.717, 1.165) is 51.7 Å². The summed E-state index contributed by atoms with van der Waals surface area (Å²) in [7, 11) is 0. The van der Waals surface area contributed by atoms with Crippen LogP contribution in [0.15, 0.2) is 0 Å². The molecular weight excluding hydrogens is 216 g/mol. The summed E-state index contributed by atoms with van der Waals surface area (Å²) in [6.45, 7) is 3.79. The lowest BCUT2D eigenvalue weighted by atomic mass is 10.2. The Bertz CT molecular complexity index is 198. The van der Waals surface area contributed by atoms with Gasteiger partial charge in [-0.2, -0.15) is 0 Å². The third-order valence-electron chi connectivity index (χ3n) is 3.12. The predicted octanol–water partition coefficient (Wildman–Crippen LogP) is 3.46. The van der Waals surface area contributed by atoms with E-state index in [9.17, 15) is 4.79 Å². The molecule has 1 aliphatic carbocycles. The molecule has 17 heavy (non-hydrogen) atoms. The average Bonchev–Trinajstić information content (AvgIpc) is 2.80. The van der Waals surface area contributed by atoms with E-state index >= 15 is 0 Å². The van der Waals surface area contributed by atoms with Crippen molar-refractivity contribution < 1.29 is 14.3 Å². The lowest BCUT2D eigenvalue weighted by Crippen LogP contribution is -2.14. The summed E-state index contributed by atoms with van der Waals surface area (Å²) in [6, 6.07) is 0. The minimum atomic E-state index is -0.00798. The van der Waals surface area contributed by atoms with Gasteiger partial charge < -0.3 is 9.47 Å². The van der Waals surface area contributed by atoms with Crippen LogP contribution >= 0.6 is 0 Å². The molecule has 0 amide bonds. The maximum atomic E-state index is 11.5. The fraction of sp³-hybridized carbons (Fsp3) is 0.929. The van der Waals surface area contributed by atoms with Crippen LogP contribution in [0, 0.1) is 0 Å². The molecule has 0 spiro atoms. The van der Waals surface area contributed by atoms with Gasteiger partial charge in [-0.1, -0.05) is 13.3 Å². The standard InChI is InChI=1S/C14H26O3/c1-2-11-16-12-7-3-4-10-14(15)17-13-8-5-6-9-13/h13H,2-12H2,1H3. The second kappa shape index (κ2) is 9.46. The van der Waals surface area contributed by atoms with Crippen molar-refractivity contribution in [1.82, 2.24) is 0 Å². The fourth-order valence-corrected chi connectivity index (χ4v) is 2.15. The quantitative estimate of drug-likeness (QED) is 0.459. The highest BCUT2D eigenvalue weighted by Crippen LogP contribution is 2.21. The van der Waals surface area contributed by atoms with Crippen LogP contribution in [-0.2, 0) is 14.3 Å². The maximum Gasteiger partial charge on any atom is 0.306 e. The van der Waals surface area contributed by atoms with E-state index in [1.807, 2.05) is 0 Å². The smallest absolute Gasteiger partial charge is 0.306 e. The van der Waals surface area contributed by atoms with E-state index in [1.54, 1.807) is 0 Å². The van der Waals surface area contributed by atoms with Crippen molar-refractivity contribution in [3.63, 3.8) is 0 Å². The highest BCUT2D eigenvalue weighted by atomic mass is 16.5. The number of carbonyl (C=O) groups excluding carboxylic acids is 1. The molecule has 0 atom stereocenters. The predicted molar refractivity (Wildman–Crippen MR) is 67.9 cm³/mol. The molecule has 0 radical (unpaired) electrons. The maximum absolute atomic E-state index is 11.5. The van der Waals surface area contributed by atoms with E-state index in [-0.39, 0.29) is 12.1 Å². The SMILES string of the molecule is CCCOCCCCCC(=O)OC1CCCC1. The van der Waals surface area contributed by atoms with Crippen LogP contribution in [0.1, 0.15) is 64.7 Å². The summed E-state index contributed by atoms with van der Waals surface area (Å²) in [4.78, 5) is 11.5. The van der Waals surface area contributed by atoms with Crippen LogP contribution in [-0.4, -0.2) is 25.3 Å². The van der Waals surface area contributed by atoms with Crippen molar-refractivity contribution in [3.8, 4) is 0 Å². The number of unbranched alkanes of at least 4 members (excludes halogenated alkanes) is 2. The molecular formula is C14H26O3. The molecule has 100 valence electrons. The van der Waals surface area contributed by atoms with Crippen LogP contribution in [0.2, 0.25) is 0 Å². The van der Waals surface area contributed by atoms with Crippen molar-refractivity contribution in [3.05, 3.63) is 0 Å². The number of esters is 1. The first kappa shape index (κ1) is 14.5. The van der Waals surface area contributed by atoms with Gasteiger partial charge in [0.15, 0.2) is 0 Å². The van der Waals surface area contributed by atoms with Crippen molar-refractivity contribution >= 4 is 5.97 Å². The minimum absolute atomic E-state index is 0.00798. The molecule has 0 aliphatic heterocycles. The number of hydrogen-bond acceptors (Lipinski definition) is 3. The molecule has 0 aromatic rings. The zero-order chi connectivity index (χ0) is 12.3. The lowest BCUT2D eigenvalue weighted by molar-refractivity contribution is -0.148. The summed E-state index contributed by atoms with van der Waals surface area (Å²) in [6.07, 6.45) is 9.47. The van der Waals surface area contributed by atoms with Crippen LogP contribution in [0.4, 0.5) is 0 Å². The monoisotopic (exact) mass is 242 g/mol. The molecule has 0 bridgehead atoms. The first-order valence-corrected chi connectivity index (χ1v) is 7.10. The molecule has 3 nitrogen and oxygen atoms in total. The number of hydrogen-bond donors (Lipinski definition) is 0.